The second-order valence-electron chi connectivity index (χ2n) is 2.02. The maximum absolute atomic E-state index is 4.18. The Balaban J connectivity index is 2.43. The van der Waals surface area contributed by atoms with Crippen LogP contribution in [-0.2, 0) is 6.54 Å². The lowest BCUT2D eigenvalue weighted by Gasteiger charge is -1.96. The van der Waals surface area contributed by atoms with Crippen LogP contribution in [-0.4, -0.2) is 11.5 Å². The minimum atomic E-state index is 0.747. The third kappa shape index (κ3) is 2.15. The molecule has 0 fully saturated rings. The molecule has 0 aromatic carbocycles. The summed E-state index contributed by atoms with van der Waals surface area (Å²) in [6, 6.07) is 5.88. The summed E-state index contributed by atoms with van der Waals surface area (Å²) < 4.78 is 0. The molecule has 1 rings (SSSR count). The molecule has 0 unspecified atom stereocenters. The zero-order chi connectivity index (χ0) is 7.23. The summed E-state index contributed by atoms with van der Waals surface area (Å²) in [7, 11) is 0. The second-order valence-corrected chi connectivity index (χ2v) is 2.02. The van der Waals surface area contributed by atoms with Gasteiger partial charge in [0.2, 0.25) is 0 Å². The van der Waals surface area contributed by atoms with E-state index in [9.17, 15) is 0 Å². The average Bonchev–Trinajstić information content (AvgIpc) is 2.03. The van der Waals surface area contributed by atoms with Gasteiger partial charge in [0.15, 0.2) is 0 Å². The quantitative estimate of drug-likeness (QED) is 0.612. The van der Waals surface area contributed by atoms with Crippen LogP contribution < -0.4 is 5.32 Å². The van der Waals surface area contributed by atoms with Gasteiger partial charge in [-0.25, -0.2) is 5.32 Å². The molecule has 2 nitrogen and oxygen atoms in total. The molecule has 1 radical (unpaired) electrons. The van der Waals surface area contributed by atoms with E-state index in [0.29, 0.717) is 0 Å². The maximum atomic E-state index is 4.18. The molecule has 0 aliphatic rings. The maximum Gasteiger partial charge on any atom is 0.0558 e. The normalized spacial score (nSPS) is 9.70. The second kappa shape index (κ2) is 4.01. The van der Waals surface area contributed by atoms with Crippen molar-refractivity contribution in [1.29, 1.82) is 0 Å². The molecular weight excluding hydrogens is 124 g/mol. The van der Waals surface area contributed by atoms with Gasteiger partial charge in [-0.3, -0.25) is 4.98 Å². The molecule has 0 atom stereocenters. The Hall–Kier alpha value is -0.890. The topological polar surface area (TPSA) is 27.0 Å². The highest BCUT2D eigenvalue weighted by Gasteiger charge is 1.88. The standard InChI is InChI=1S/C8H11N2/c1-2-9-7-8-5-3-4-6-10-8/h3-6H,2,7H2,1H3. The van der Waals surface area contributed by atoms with Gasteiger partial charge in [-0.2, -0.15) is 0 Å². The molecule has 0 saturated carbocycles. The molecular formula is C8H11N2. The van der Waals surface area contributed by atoms with Gasteiger partial charge in [-0.15, -0.1) is 0 Å². The Morgan fingerprint density at radius 3 is 3.00 bits per heavy atom. The van der Waals surface area contributed by atoms with Crippen LogP contribution in [0.5, 0.6) is 0 Å². The zero-order valence-corrected chi connectivity index (χ0v) is 6.12. The highest BCUT2D eigenvalue weighted by molar-refractivity contribution is 5.02. The molecule has 0 aliphatic carbocycles. The van der Waals surface area contributed by atoms with Gasteiger partial charge < -0.3 is 0 Å². The van der Waals surface area contributed by atoms with Crippen molar-refractivity contribution in [3.63, 3.8) is 0 Å². The molecule has 53 valence electrons. The first-order valence-electron chi connectivity index (χ1n) is 3.46. The van der Waals surface area contributed by atoms with Crippen LogP contribution in [0.4, 0.5) is 0 Å². The lowest BCUT2D eigenvalue weighted by atomic mass is 10.3. The van der Waals surface area contributed by atoms with E-state index in [4.69, 9.17) is 0 Å². The van der Waals surface area contributed by atoms with Gasteiger partial charge in [0.1, 0.15) is 0 Å². The Morgan fingerprint density at radius 2 is 2.40 bits per heavy atom. The predicted molar refractivity (Wildman–Crippen MR) is 40.6 cm³/mol. The summed E-state index contributed by atoms with van der Waals surface area (Å²) >= 11 is 0. The Morgan fingerprint density at radius 1 is 1.50 bits per heavy atom. The molecule has 2 heteroatoms. The molecule has 10 heavy (non-hydrogen) atoms. The first-order chi connectivity index (χ1) is 4.93. The third-order valence-corrected chi connectivity index (χ3v) is 1.22. The molecule has 0 spiro atoms. The van der Waals surface area contributed by atoms with E-state index >= 15 is 0 Å². The van der Waals surface area contributed by atoms with E-state index in [2.05, 4.69) is 10.3 Å². The fraction of sp³-hybridized carbons (Fsp3) is 0.375. The Labute approximate surface area is 61.3 Å². The number of pyridine rings is 1. The van der Waals surface area contributed by atoms with Gasteiger partial charge in [0, 0.05) is 12.7 Å². The third-order valence-electron chi connectivity index (χ3n) is 1.22. The number of hydrogen-bond donors (Lipinski definition) is 0. The number of aromatic nitrogens is 1. The van der Waals surface area contributed by atoms with Gasteiger partial charge in [0.05, 0.1) is 12.2 Å². The monoisotopic (exact) mass is 135 g/mol. The summed E-state index contributed by atoms with van der Waals surface area (Å²) in [6.07, 6.45) is 1.79. The highest BCUT2D eigenvalue weighted by atomic mass is 14.9. The van der Waals surface area contributed by atoms with Gasteiger partial charge >= 0.3 is 0 Å². The summed E-state index contributed by atoms with van der Waals surface area (Å²) in [4.78, 5) is 4.12. The predicted octanol–water partition coefficient (Wildman–Crippen LogP) is 1.21. The van der Waals surface area contributed by atoms with E-state index in [1.807, 2.05) is 25.1 Å². The van der Waals surface area contributed by atoms with E-state index in [1.54, 1.807) is 6.20 Å². The number of nitrogens with zero attached hydrogens (tertiary/aromatic N) is 2. The van der Waals surface area contributed by atoms with Crippen LogP contribution >= 0.6 is 0 Å². The van der Waals surface area contributed by atoms with Crippen molar-refractivity contribution in [2.24, 2.45) is 0 Å². The van der Waals surface area contributed by atoms with Crippen LogP contribution in [0.3, 0.4) is 0 Å². The highest BCUT2D eigenvalue weighted by Crippen LogP contribution is 1.91. The SMILES string of the molecule is CC[N]Cc1ccccn1. The van der Waals surface area contributed by atoms with Crippen LogP contribution in [0, 0.1) is 0 Å². The van der Waals surface area contributed by atoms with Crippen molar-refractivity contribution in [2.45, 2.75) is 13.5 Å². The Kier molecular flexibility index (Phi) is 2.90. The summed E-state index contributed by atoms with van der Waals surface area (Å²) in [5, 5.41) is 4.18. The van der Waals surface area contributed by atoms with Crippen LogP contribution in [0.1, 0.15) is 12.6 Å². The summed E-state index contributed by atoms with van der Waals surface area (Å²) in [6.45, 7) is 3.65. The smallest absolute Gasteiger partial charge is 0.0558 e. The molecule has 0 bridgehead atoms. The van der Waals surface area contributed by atoms with E-state index in [-0.39, 0.29) is 0 Å². The molecule has 0 N–H and O–H groups in total. The largest absolute Gasteiger partial charge is 0.260 e. The van der Waals surface area contributed by atoms with E-state index < -0.39 is 0 Å². The molecule has 0 saturated heterocycles. The number of hydrogen-bond acceptors (Lipinski definition) is 1. The summed E-state index contributed by atoms with van der Waals surface area (Å²) in [5.41, 5.74) is 1.05. The zero-order valence-electron chi connectivity index (χ0n) is 6.12. The first kappa shape index (κ1) is 7.22. The van der Waals surface area contributed by atoms with E-state index in [1.165, 1.54) is 0 Å². The minimum absolute atomic E-state index is 0.747. The van der Waals surface area contributed by atoms with Gasteiger partial charge in [0.25, 0.3) is 0 Å². The van der Waals surface area contributed by atoms with Crippen molar-refractivity contribution in [3.05, 3.63) is 30.1 Å². The average molecular weight is 135 g/mol. The van der Waals surface area contributed by atoms with Crippen molar-refractivity contribution in [3.8, 4) is 0 Å². The molecule has 0 aliphatic heterocycles. The van der Waals surface area contributed by atoms with Crippen molar-refractivity contribution >= 4 is 0 Å². The molecule has 1 heterocycles. The Bertz CT molecular complexity index is 172. The molecule has 1 aromatic heterocycles. The lowest BCUT2D eigenvalue weighted by Crippen LogP contribution is -2.04. The first-order valence-corrected chi connectivity index (χ1v) is 3.46. The lowest BCUT2D eigenvalue weighted by molar-refractivity contribution is 0.695. The fourth-order valence-electron chi connectivity index (χ4n) is 0.718. The van der Waals surface area contributed by atoms with Crippen LogP contribution in [0.25, 0.3) is 0 Å². The van der Waals surface area contributed by atoms with Crippen LogP contribution in [0.2, 0.25) is 0 Å². The minimum Gasteiger partial charge on any atom is -0.260 e. The van der Waals surface area contributed by atoms with Crippen LogP contribution in [0.15, 0.2) is 24.4 Å². The van der Waals surface area contributed by atoms with Crippen molar-refractivity contribution in [2.75, 3.05) is 6.54 Å². The van der Waals surface area contributed by atoms with Gasteiger partial charge in [-0.1, -0.05) is 13.0 Å². The van der Waals surface area contributed by atoms with Gasteiger partial charge in [-0.05, 0) is 12.1 Å². The van der Waals surface area contributed by atoms with E-state index in [0.717, 1.165) is 18.8 Å². The fourth-order valence-corrected chi connectivity index (χ4v) is 0.718. The van der Waals surface area contributed by atoms with Crippen molar-refractivity contribution in [1.82, 2.24) is 10.3 Å². The molecule has 1 aromatic rings. The number of rotatable bonds is 3. The summed E-state index contributed by atoms with van der Waals surface area (Å²) in [5.74, 6) is 0. The molecule has 0 amide bonds. The van der Waals surface area contributed by atoms with Crippen molar-refractivity contribution < 1.29 is 0 Å².